The van der Waals surface area contributed by atoms with E-state index in [2.05, 4.69) is 35.1 Å². The van der Waals surface area contributed by atoms with Crippen molar-refractivity contribution in [1.82, 2.24) is 9.97 Å². The van der Waals surface area contributed by atoms with Gasteiger partial charge in [0.05, 0.1) is 11.0 Å². The zero-order valence-corrected chi connectivity index (χ0v) is 14.8. The first kappa shape index (κ1) is 16.9. The van der Waals surface area contributed by atoms with Gasteiger partial charge in [-0.3, -0.25) is 9.97 Å². The van der Waals surface area contributed by atoms with Crippen LogP contribution in [0.1, 0.15) is 63.9 Å². The van der Waals surface area contributed by atoms with E-state index >= 15 is 0 Å². The lowest BCUT2D eigenvalue weighted by Gasteiger charge is -2.09. The quantitative estimate of drug-likeness (QED) is 0.334. The second kappa shape index (κ2) is 8.77. The van der Waals surface area contributed by atoms with Crippen LogP contribution in [0, 0.1) is 0 Å². The van der Waals surface area contributed by atoms with E-state index in [0.717, 1.165) is 17.5 Å². The van der Waals surface area contributed by atoms with Crippen LogP contribution in [0.25, 0.3) is 21.8 Å². The van der Waals surface area contributed by atoms with Crippen LogP contribution in [-0.4, -0.2) is 9.97 Å². The van der Waals surface area contributed by atoms with E-state index in [0.29, 0.717) is 0 Å². The van der Waals surface area contributed by atoms with Crippen LogP contribution in [0.2, 0.25) is 0 Å². The highest BCUT2D eigenvalue weighted by Gasteiger charge is 2.08. The average molecular weight is 320 g/mol. The molecule has 0 spiro atoms. The van der Waals surface area contributed by atoms with E-state index < -0.39 is 0 Å². The van der Waals surface area contributed by atoms with Crippen LogP contribution < -0.4 is 0 Å². The summed E-state index contributed by atoms with van der Waals surface area (Å²) in [4.78, 5) is 9.13. The summed E-state index contributed by atoms with van der Waals surface area (Å²) in [6, 6.07) is 10.7. The maximum absolute atomic E-state index is 4.59. The van der Waals surface area contributed by atoms with Gasteiger partial charge < -0.3 is 0 Å². The van der Waals surface area contributed by atoms with Crippen molar-refractivity contribution in [2.24, 2.45) is 0 Å². The fourth-order valence-electron chi connectivity index (χ4n) is 3.51. The summed E-state index contributed by atoms with van der Waals surface area (Å²) in [5.74, 6) is 0. The number of hydrogen-bond donors (Lipinski definition) is 0. The summed E-state index contributed by atoms with van der Waals surface area (Å²) >= 11 is 0. The molecular formula is C22H28N2. The Kier molecular flexibility index (Phi) is 6.17. The molecule has 0 fully saturated rings. The van der Waals surface area contributed by atoms with E-state index in [9.17, 15) is 0 Å². The normalized spacial score (nSPS) is 11.4. The second-order valence-corrected chi connectivity index (χ2v) is 6.74. The standard InChI is InChI=1S/C22H28N2/c1-2-3-4-5-6-7-8-9-12-18-17-19-13-10-15-23-21(19)22-20(18)14-11-16-24-22/h10-11,13-17H,2-9,12H2,1H3. The van der Waals surface area contributed by atoms with Gasteiger partial charge in [0.1, 0.15) is 0 Å². The van der Waals surface area contributed by atoms with Crippen LogP contribution in [-0.2, 0) is 6.42 Å². The smallest absolute Gasteiger partial charge is 0.0967 e. The number of benzene rings is 1. The molecule has 0 aliphatic carbocycles. The van der Waals surface area contributed by atoms with Crippen LogP contribution in [0.15, 0.2) is 42.7 Å². The zero-order chi connectivity index (χ0) is 16.6. The molecule has 0 amide bonds. The fourth-order valence-corrected chi connectivity index (χ4v) is 3.51. The summed E-state index contributed by atoms with van der Waals surface area (Å²) in [5.41, 5.74) is 3.49. The summed E-state index contributed by atoms with van der Waals surface area (Å²) in [5, 5.41) is 2.48. The van der Waals surface area contributed by atoms with Crippen molar-refractivity contribution in [3.63, 3.8) is 0 Å². The van der Waals surface area contributed by atoms with Crippen molar-refractivity contribution >= 4 is 21.8 Å². The Labute approximate surface area is 145 Å². The second-order valence-electron chi connectivity index (χ2n) is 6.74. The lowest BCUT2D eigenvalue weighted by Crippen LogP contribution is -1.92. The van der Waals surface area contributed by atoms with Gasteiger partial charge in [0.25, 0.3) is 0 Å². The van der Waals surface area contributed by atoms with Gasteiger partial charge in [0, 0.05) is 23.2 Å². The molecule has 0 saturated carbocycles. The lowest BCUT2D eigenvalue weighted by atomic mass is 9.98. The molecule has 0 bridgehead atoms. The molecule has 0 atom stereocenters. The number of rotatable bonds is 9. The zero-order valence-electron chi connectivity index (χ0n) is 14.8. The maximum Gasteiger partial charge on any atom is 0.0967 e. The predicted molar refractivity (Wildman–Crippen MR) is 103 cm³/mol. The van der Waals surface area contributed by atoms with E-state index in [4.69, 9.17) is 0 Å². The Balaban J connectivity index is 1.64. The largest absolute Gasteiger partial charge is 0.254 e. The van der Waals surface area contributed by atoms with Crippen molar-refractivity contribution in [3.8, 4) is 0 Å². The molecule has 0 radical (unpaired) electrons. The number of nitrogens with zero attached hydrogens (tertiary/aromatic N) is 2. The van der Waals surface area contributed by atoms with Gasteiger partial charge in [0.2, 0.25) is 0 Å². The molecule has 1 aromatic carbocycles. The minimum Gasteiger partial charge on any atom is -0.254 e. The van der Waals surface area contributed by atoms with Gasteiger partial charge in [-0.15, -0.1) is 0 Å². The highest BCUT2D eigenvalue weighted by molar-refractivity contribution is 6.04. The lowest BCUT2D eigenvalue weighted by molar-refractivity contribution is 0.576. The molecule has 3 rings (SSSR count). The van der Waals surface area contributed by atoms with Crippen LogP contribution in [0.5, 0.6) is 0 Å². The summed E-state index contributed by atoms with van der Waals surface area (Å²) in [6.07, 6.45) is 15.8. The Morgan fingerprint density at radius 3 is 2.21 bits per heavy atom. The number of hydrogen-bond acceptors (Lipinski definition) is 2. The number of pyridine rings is 2. The topological polar surface area (TPSA) is 25.8 Å². The molecule has 3 aromatic rings. The molecule has 2 aromatic heterocycles. The monoisotopic (exact) mass is 320 g/mol. The molecule has 0 unspecified atom stereocenters. The summed E-state index contributed by atoms with van der Waals surface area (Å²) in [6.45, 7) is 2.28. The minimum atomic E-state index is 1.02. The Bertz CT molecular complexity index is 779. The molecule has 0 N–H and O–H groups in total. The van der Waals surface area contributed by atoms with Gasteiger partial charge in [-0.1, -0.05) is 64.0 Å². The number of fused-ring (bicyclic) bond motifs is 3. The van der Waals surface area contributed by atoms with Crippen LogP contribution in [0.3, 0.4) is 0 Å². The summed E-state index contributed by atoms with van der Waals surface area (Å²) < 4.78 is 0. The molecule has 2 heterocycles. The third-order valence-electron chi connectivity index (χ3n) is 4.85. The molecule has 0 aliphatic heterocycles. The molecule has 126 valence electrons. The third-order valence-corrected chi connectivity index (χ3v) is 4.85. The minimum absolute atomic E-state index is 1.02. The van der Waals surface area contributed by atoms with Crippen LogP contribution >= 0.6 is 0 Å². The first-order valence-electron chi connectivity index (χ1n) is 9.51. The van der Waals surface area contributed by atoms with Crippen molar-refractivity contribution in [2.75, 3.05) is 0 Å². The molecule has 2 nitrogen and oxygen atoms in total. The van der Waals surface area contributed by atoms with Gasteiger partial charge in [-0.25, -0.2) is 0 Å². The van der Waals surface area contributed by atoms with E-state index in [1.54, 1.807) is 0 Å². The number of unbranched alkanes of at least 4 members (excludes halogenated alkanes) is 7. The average Bonchev–Trinajstić information content (AvgIpc) is 2.64. The van der Waals surface area contributed by atoms with Gasteiger partial charge in [-0.05, 0) is 36.6 Å². The Morgan fingerprint density at radius 1 is 0.750 bits per heavy atom. The molecular weight excluding hydrogens is 292 g/mol. The number of aromatic nitrogens is 2. The maximum atomic E-state index is 4.59. The van der Waals surface area contributed by atoms with Crippen LogP contribution in [0.4, 0.5) is 0 Å². The first-order valence-corrected chi connectivity index (χ1v) is 9.51. The van der Waals surface area contributed by atoms with Crippen molar-refractivity contribution in [2.45, 2.75) is 64.7 Å². The van der Waals surface area contributed by atoms with E-state index in [-0.39, 0.29) is 0 Å². The molecule has 0 aliphatic rings. The van der Waals surface area contributed by atoms with E-state index in [1.807, 2.05) is 24.5 Å². The Morgan fingerprint density at radius 2 is 1.42 bits per heavy atom. The first-order chi connectivity index (χ1) is 11.9. The summed E-state index contributed by atoms with van der Waals surface area (Å²) in [7, 11) is 0. The number of aryl methyl sites for hydroxylation is 1. The molecule has 0 saturated heterocycles. The van der Waals surface area contributed by atoms with Crippen molar-refractivity contribution in [1.29, 1.82) is 0 Å². The van der Waals surface area contributed by atoms with E-state index in [1.165, 1.54) is 67.7 Å². The molecule has 24 heavy (non-hydrogen) atoms. The van der Waals surface area contributed by atoms with Gasteiger partial charge in [0.15, 0.2) is 0 Å². The SMILES string of the molecule is CCCCCCCCCCc1cc2cccnc2c2ncccc12. The molecule has 2 heteroatoms. The predicted octanol–water partition coefficient (Wildman–Crippen LogP) is 6.47. The van der Waals surface area contributed by atoms with Gasteiger partial charge in [-0.2, -0.15) is 0 Å². The highest BCUT2D eigenvalue weighted by atomic mass is 14.7. The highest BCUT2D eigenvalue weighted by Crippen LogP contribution is 2.26. The third kappa shape index (κ3) is 4.11. The Hall–Kier alpha value is -1.96. The van der Waals surface area contributed by atoms with Crippen molar-refractivity contribution < 1.29 is 0 Å². The van der Waals surface area contributed by atoms with Crippen molar-refractivity contribution in [3.05, 3.63) is 48.3 Å². The van der Waals surface area contributed by atoms with Gasteiger partial charge >= 0.3 is 0 Å². The fraction of sp³-hybridized carbons (Fsp3) is 0.455.